The van der Waals surface area contributed by atoms with E-state index in [0.29, 0.717) is 12.0 Å². The Balaban J connectivity index is 3.15. The normalized spacial score (nSPS) is 22.8. The molecule has 0 fully saturated rings. The highest BCUT2D eigenvalue weighted by atomic mass is 16.5. The zero-order chi connectivity index (χ0) is 14.8. The summed E-state index contributed by atoms with van der Waals surface area (Å²) in [4.78, 5) is 34.2. The van der Waals surface area contributed by atoms with Crippen LogP contribution >= 0.6 is 0 Å². The largest absolute Gasteiger partial charge is 0.454 e. The van der Waals surface area contributed by atoms with E-state index in [-0.39, 0.29) is 17.0 Å². The summed E-state index contributed by atoms with van der Waals surface area (Å²) in [6.45, 7) is 8.41. The van der Waals surface area contributed by atoms with Gasteiger partial charge in [0.1, 0.15) is 0 Å². The molecular weight excluding hydrogens is 244 g/mol. The first kappa shape index (κ1) is 15.3. The van der Waals surface area contributed by atoms with Gasteiger partial charge in [-0.15, -0.1) is 0 Å². The van der Waals surface area contributed by atoms with Gasteiger partial charge in [0.2, 0.25) is 0 Å². The van der Waals surface area contributed by atoms with Gasteiger partial charge in [-0.2, -0.15) is 0 Å². The fourth-order valence-corrected chi connectivity index (χ4v) is 2.39. The molecule has 0 aromatic carbocycles. The SMILES string of the molecule is CC(=O)C=CC1=C(C)C(=O)[C@@H](OC(C)=O)CC1(C)C. The van der Waals surface area contributed by atoms with Crippen molar-refractivity contribution in [1.29, 1.82) is 0 Å². The van der Waals surface area contributed by atoms with Gasteiger partial charge in [-0.25, -0.2) is 0 Å². The summed E-state index contributed by atoms with van der Waals surface area (Å²) in [7, 11) is 0. The summed E-state index contributed by atoms with van der Waals surface area (Å²) in [6.07, 6.45) is 2.86. The molecule has 1 rings (SSSR count). The molecule has 4 nitrogen and oxygen atoms in total. The lowest BCUT2D eigenvalue weighted by molar-refractivity contribution is -0.153. The summed E-state index contributed by atoms with van der Waals surface area (Å²) in [5.74, 6) is -0.701. The third kappa shape index (κ3) is 3.63. The standard InChI is InChI=1S/C15H20O4/c1-9(16)6-7-12-10(2)14(18)13(19-11(3)17)8-15(12,4)5/h6-7,13H,8H2,1-5H3/t13-/m0/s1. The Morgan fingerprint density at radius 2 is 1.89 bits per heavy atom. The topological polar surface area (TPSA) is 60.4 Å². The van der Waals surface area contributed by atoms with Crippen molar-refractivity contribution in [2.75, 3.05) is 0 Å². The van der Waals surface area contributed by atoms with Gasteiger partial charge < -0.3 is 4.74 Å². The maximum Gasteiger partial charge on any atom is 0.303 e. The Hall–Kier alpha value is -1.71. The van der Waals surface area contributed by atoms with E-state index in [1.165, 1.54) is 19.9 Å². The molecule has 0 aliphatic heterocycles. The molecule has 1 aliphatic carbocycles. The molecule has 0 aromatic heterocycles. The first-order valence-electron chi connectivity index (χ1n) is 6.26. The van der Waals surface area contributed by atoms with Gasteiger partial charge in [0.25, 0.3) is 0 Å². The molecule has 0 amide bonds. The number of rotatable bonds is 3. The van der Waals surface area contributed by atoms with Crippen molar-refractivity contribution in [3.05, 3.63) is 23.3 Å². The third-order valence-electron chi connectivity index (χ3n) is 3.28. The fourth-order valence-electron chi connectivity index (χ4n) is 2.39. The summed E-state index contributed by atoms with van der Waals surface area (Å²) in [6, 6.07) is 0. The molecule has 104 valence electrons. The number of allylic oxidation sites excluding steroid dienone is 3. The van der Waals surface area contributed by atoms with Crippen LogP contribution in [0.1, 0.15) is 41.0 Å². The maximum absolute atomic E-state index is 12.1. The molecule has 0 unspecified atom stereocenters. The number of carbonyl (C=O) groups is 3. The Labute approximate surface area is 113 Å². The minimum Gasteiger partial charge on any atom is -0.454 e. The van der Waals surface area contributed by atoms with Crippen molar-refractivity contribution in [3.63, 3.8) is 0 Å². The van der Waals surface area contributed by atoms with E-state index in [1.54, 1.807) is 13.0 Å². The minimum atomic E-state index is -0.720. The van der Waals surface area contributed by atoms with E-state index >= 15 is 0 Å². The van der Waals surface area contributed by atoms with E-state index < -0.39 is 12.1 Å². The second-order valence-electron chi connectivity index (χ2n) is 5.53. The van der Waals surface area contributed by atoms with Gasteiger partial charge in [-0.1, -0.05) is 19.9 Å². The molecule has 0 saturated carbocycles. The van der Waals surface area contributed by atoms with E-state index in [2.05, 4.69) is 0 Å². The molecule has 0 bridgehead atoms. The number of ether oxygens (including phenoxy) is 1. The smallest absolute Gasteiger partial charge is 0.303 e. The average Bonchev–Trinajstić information content (AvgIpc) is 2.23. The van der Waals surface area contributed by atoms with Crippen molar-refractivity contribution in [2.45, 2.75) is 47.1 Å². The molecule has 19 heavy (non-hydrogen) atoms. The van der Waals surface area contributed by atoms with Crippen LogP contribution in [0.25, 0.3) is 0 Å². The molecule has 0 heterocycles. The predicted molar refractivity (Wildman–Crippen MR) is 71.5 cm³/mol. The minimum absolute atomic E-state index is 0.0642. The number of carbonyl (C=O) groups excluding carboxylic acids is 3. The van der Waals surface area contributed by atoms with Crippen LogP contribution in [0.15, 0.2) is 23.3 Å². The van der Waals surface area contributed by atoms with E-state index in [0.717, 1.165) is 5.57 Å². The van der Waals surface area contributed by atoms with Gasteiger partial charge in [-0.05, 0) is 36.5 Å². The zero-order valence-corrected chi connectivity index (χ0v) is 12.1. The number of esters is 1. The summed E-state index contributed by atoms with van der Waals surface area (Å²) in [5, 5.41) is 0. The molecule has 0 radical (unpaired) electrons. The number of hydrogen-bond donors (Lipinski definition) is 0. The molecule has 1 aliphatic rings. The highest BCUT2D eigenvalue weighted by molar-refractivity contribution is 6.02. The Kier molecular flexibility index (Phi) is 4.45. The Bertz CT molecular complexity index is 480. The number of Topliss-reactive ketones (excluding diaryl/α,β-unsaturated/α-hetero) is 1. The Morgan fingerprint density at radius 1 is 1.32 bits per heavy atom. The van der Waals surface area contributed by atoms with Crippen molar-refractivity contribution in [1.82, 2.24) is 0 Å². The predicted octanol–water partition coefficient (Wildman–Crippen LogP) is 2.38. The van der Waals surface area contributed by atoms with Crippen molar-refractivity contribution < 1.29 is 19.1 Å². The van der Waals surface area contributed by atoms with Gasteiger partial charge in [0.15, 0.2) is 17.7 Å². The van der Waals surface area contributed by atoms with Crippen LogP contribution in [0.4, 0.5) is 0 Å². The van der Waals surface area contributed by atoms with Crippen LogP contribution in [-0.2, 0) is 19.1 Å². The number of ketones is 2. The van der Waals surface area contributed by atoms with Gasteiger partial charge in [0, 0.05) is 13.3 Å². The van der Waals surface area contributed by atoms with Gasteiger partial charge in [-0.3, -0.25) is 14.4 Å². The van der Waals surface area contributed by atoms with Crippen LogP contribution in [0.5, 0.6) is 0 Å². The van der Waals surface area contributed by atoms with Gasteiger partial charge in [0.05, 0.1) is 0 Å². The molecule has 0 spiro atoms. The summed E-state index contributed by atoms with van der Waals surface area (Å²) < 4.78 is 5.07. The van der Waals surface area contributed by atoms with E-state index in [9.17, 15) is 14.4 Å². The molecular formula is C15H20O4. The summed E-state index contributed by atoms with van der Waals surface area (Å²) >= 11 is 0. The highest BCUT2D eigenvalue weighted by Crippen LogP contribution is 2.40. The van der Waals surface area contributed by atoms with Crippen LogP contribution in [-0.4, -0.2) is 23.6 Å². The third-order valence-corrected chi connectivity index (χ3v) is 3.28. The first-order valence-corrected chi connectivity index (χ1v) is 6.26. The molecule has 1 atom stereocenters. The van der Waals surface area contributed by atoms with E-state index in [4.69, 9.17) is 4.74 Å². The molecule has 0 N–H and O–H groups in total. The highest BCUT2D eigenvalue weighted by Gasteiger charge is 2.39. The van der Waals surface area contributed by atoms with Crippen LogP contribution in [0.2, 0.25) is 0 Å². The van der Waals surface area contributed by atoms with Crippen LogP contribution < -0.4 is 0 Å². The van der Waals surface area contributed by atoms with Crippen molar-refractivity contribution >= 4 is 17.5 Å². The maximum atomic E-state index is 12.1. The summed E-state index contributed by atoms with van der Waals surface area (Å²) in [5.41, 5.74) is 1.07. The lowest BCUT2D eigenvalue weighted by Gasteiger charge is -2.36. The molecule has 0 saturated heterocycles. The van der Waals surface area contributed by atoms with Crippen molar-refractivity contribution in [3.8, 4) is 0 Å². The Morgan fingerprint density at radius 3 is 2.37 bits per heavy atom. The fraction of sp³-hybridized carbons (Fsp3) is 0.533. The molecule has 0 aromatic rings. The number of hydrogen-bond acceptors (Lipinski definition) is 4. The molecule has 4 heteroatoms. The lowest BCUT2D eigenvalue weighted by Crippen LogP contribution is -2.38. The second kappa shape index (κ2) is 5.51. The first-order chi connectivity index (χ1) is 8.65. The second-order valence-corrected chi connectivity index (χ2v) is 5.53. The average molecular weight is 264 g/mol. The van der Waals surface area contributed by atoms with Crippen molar-refractivity contribution in [2.24, 2.45) is 5.41 Å². The van der Waals surface area contributed by atoms with Crippen LogP contribution in [0.3, 0.4) is 0 Å². The monoisotopic (exact) mass is 264 g/mol. The van der Waals surface area contributed by atoms with E-state index in [1.807, 2.05) is 13.8 Å². The quantitative estimate of drug-likeness (QED) is 0.580. The van der Waals surface area contributed by atoms with Gasteiger partial charge >= 0.3 is 5.97 Å². The van der Waals surface area contributed by atoms with Crippen LogP contribution in [0, 0.1) is 5.41 Å². The lowest BCUT2D eigenvalue weighted by atomic mass is 9.71. The zero-order valence-electron chi connectivity index (χ0n) is 12.1.